The first-order valence-corrected chi connectivity index (χ1v) is 7.79. The Kier molecular flexibility index (Phi) is 6.09. The molecule has 3 nitrogen and oxygen atoms in total. The largest absolute Gasteiger partial charge is 0.286 e. The van der Waals surface area contributed by atoms with Gasteiger partial charge in [-0.05, 0) is 30.4 Å². The van der Waals surface area contributed by atoms with E-state index in [9.17, 15) is 8.42 Å². The van der Waals surface area contributed by atoms with Crippen molar-refractivity contribution in [1.29, 1.82) is 0 Å². The first kappa shape index (κ1) is 14.9. The van der Waals surface area contributed by atoms with E-state index in [1.165, 1.54) is 5.56 Å². The molecule has 0 aromatic heterocycles. The van der Waals surface area contributed by atoms with E-state index >= 15 is 0 Å². The summed E-state index contributed by atoms with van der Waals surface area (Å²) >= 11 is 0. The average molecular weight is 268 g/mol. The number of hydrogen-bond donors (Lipinski definition) is 1. The van der Waals surface area contributed by atoms with Crippen LogP contribution in [0.15, 0.2) is 30.8 Å². The summed E-state index contributed by atoms with van der Waals surface area (Å²) in [7, 11) is -3.78. The number of rotatable bonds is 8. The minimum absolute atomic E-state index is 0.124. The Morgan fingerprint density at radius 1 is 1.06 bits per heavy atom. The summed E-state index contributed by atoms with van der Waals surface area (Å²) in [5.74, 6) is -0.124. The third-order valence-corrected chi connectivity index (χ3v) is 3.64. The van der Waals surface area contributed by atoms with Crippen LogP contribution in [-0.2, 0) is 16.5 Å². The monoisotopic (exact) mass is 268 g/mol. The number of aryl methyl sites for hydroxylation is 1. The first-order chi connectivity index (χ1) is 8.51. The van der Waals surface area contributed by atoms with Gasteiger partial charge in [0.1, 0.15) is 0 Å². The van der Waals surface area contributed by atoms with Gasteiger partial charge in [-0.2, -0.15) is 8.42 Å². The minimum atomic E-state index is -3.78. The lowest BCUT2D eigenvalue weighted by atomic mass is 10.0. The quantitative estimate of drug-likeness (QED) is 0.581. The molecule has 4 heteroatoms. The fourth-order valence-electron chi connectivity index (χ4n) is 1.79. The molecule has 1 N–H and O–H groups in total. The van der Waals surface area contributed by atoms with Gasteiger partial charge in [0.25, 0.3) is 10.1 Å². The smallest absolute Gasteiger partial charge is 0.264 e. The molecule has 1 rings (SSSR count). The van der Waals surface area contributed by atoms with Crippen molar-refractivity contribution in [3.8, 4) is 0 Å². The molecule has 0 radical (unpaired) electrons. The zero-order chi connectivity index (χ0) is 13.4. The summed E-state index contributed by atoms with van der Waals surface area (Å²) in [6, 6.07) is 8.27. The van der Waals surface area contributed by atoms with Crippen molar-refractivity contribution in [1.82, 2.24) is 0 Å². The molecule has 0 aliphatic heterocycles. The molecule has 0 aliphatic carbocycles. The maximum absolute atomic E-state index is 10.5. The van der Waals surface area contributed by atoms with E-state index in [0.717, 1.165) is 31.2 Å². The summed E-state index contributed by atoms with van der Waals surface area (Å²) in [5.41, 5.74) is 2.40. The fourth-order valence-corrected chi connectivity index (χ4v) is 2.36. The van der Waals surface area contributed by atoms with Crippen LogP contribution in [0.25, 0.3) is 6.08 Å². The molecule has 1 aromatic rings. The molecule has 0 heterocycles. The van der Waals surface area contributed by atoms with Gasteiger partial charge >= 0.3 is 0 Å². The SMILES string of the molecule is C=Cc1ccc(CCCCCCS(=O)(=O)O)cc1. The first-order valence-electron chi connectivity index (χ1n) is 6.18. The van der Waals surface area contributed by atoms with Gasteiger partial charge in [0, 0.05) is 0 Å². The number of unbranched alkanes of at least 4 members (excludes halogenated alkanes) is 3. The summed E-state index contributed by atoms with van der Waals surface area (Å²) < 4.78 is 29.6. The van der Waals surface area contributed by atoms with Crippen LogP contribution in [0.1, 0.15) is 36.8 Å². The van der Waals surface area contributed by atoms with Crippen molar-refractivity contribution in [3.05, 3.63) is 42.0 Å². The highest BCUT2D eigenvalue weighted by Crippen LogP contribution is 2.10. The molecule has 0 aliphatic rings. The maximum atomic E-state index is 10.5. The molecule has 0 unspecified atom stereocenters. The molecule has 1 aromatic carbocycles. The molecule has 18 heavy (non-hydrogen) atoms. The van der Waals surface area contributed by atoms with Crippen LogP contribution in [-0.4, -0.2) is 18.7 Å². The van der Waals surface area contributed by atoms with Crippen LogP contribution in [0.2, 0.25) is 0 Å². The van der Waals surface area contributed by atoms with Gasteiger partial charge in [-0.15, -0.1) is 0 Å². The van der Waals surface area contributed by atoms with Gasteiger partial charge in [0.15, 0.2) is 0 Å². The van der Waals surface area contributed by atoms with Gasteiger partial charge in [0.05, 0.1) is 5.75 Å². The predicted molar refractivity (Wildman–Crippen MR) is 75.1 cm³/mol. The van der Waals surface area contributed by atoms with E-state index in [0.29, 0.717) is 6.42 Å². The van der Waals surface area contributed by atoms with Gasteiger partial charge < -0.3 is 0 Å². The van der Waals surface area contributed by atoms with Crippen LogP contribution in [0.4, 0.5) is 0 Å². The van der Waals surface area contributed by atoms with Crippen molar-refractivity contribution in [2.45, 2.75) is 32.1 Å². The topological polar surface area (TPSA) is 54.4 Å². The summed E-state index contributed by atoms with van der Waals surface area (Å²) in [4.78, 5) is 0. The number of hydrogen-bond acceptors (Lipinski definition) is 2. The van der Waals surface area contributed by atoms with E-state index in [1.807, 2.05) is 18.2 Å². The summed E-state index contributed by atoms with van der Waals surface area (Å²) in [5, 5.41) is 0. The van der Waals surface area contributed by atoms with E-state index in [1.54, 1.807) is 0 Å². The molecule has 0 spiro atoms. The lowest BCUT2D eigenvalue weighted by Gasteiger charge is -2.02. The standard InChI is InChI=1S/C14H20O3S/c1-2-13-8-10-14(11-9-13)7-5-3-4-6-12-18(15,16)17/h2,8-11H,1,3-7,12H2,(H,15,16,17). The lowest BCUT2D eigenvalue weighted by molar-refractivity contribution is 0.479. The van der Waals surface area contributed by atoms with Gasteiger partial charge in [-0.1, -0.05) is 49.8 Å². The molecular formula is C14H20O3S. The second-order valence-electron chi connectivity index (χ2n) is 4.40. The highest BCUT2D eigenvalue weighted by Gasteiger charge is 2.02. The van der Waals surface area contributed by atoms with Crippen LogP contribution in [0.5, 0.6) is 0 Å². The predicted octanol–water partition coefficient (Wildman–Crippen LogP) is 3.32. The van der Waals surface area contributed by atoms with Crippen molar-refractivity contribution in [2.75, 3.05) is 5.75 Å². The maximum Gasteiger partial charge on any atom is 0.264 e. The summed E-state index contributed by atoms with van der Waals surface area (Å²) in [6.07, 6.45) is 6.22. The Morgan fingerprint density at radius 2 is 1.67 bits per heavy atom. The third kappa shape index (κ3) is 6.57. The van der Waals surface area contributed by atoms with E-state index in [2.05, 4.69) is 18.7 Å². The van der Waals surface area contributed by atoms with Crippen molar-refractivity contribution in [2.24, 2.45) is 0 Å². The van der Waals surface area contributed by atoms with E-state index in [-0.39, 0.29) is 5.75 Å². The zero-order valence-electron chi connectivity index (χ0n) is 10.5. The Bertz CT molecular complexity index is 460. The number of benzene rings is 1. The van der Waals surface area contributed by atoms with Gasteiger partial charge in [-0.3, -0.25) is 4.55 Å². The molecule has 100 valence electrons. The van der Waals surface area contributed by atoms with Crippen LogP contribution >= 0.6 is 0 Å². The van der Waals surface area contributed by atoms with Gasteiger partial charge in [0.2, 0.25) is 0 Å². The van der Waals surface area contributed by atoms with Crippen molar-refractivity contribution < 1.29 is 13.0 Å². The third-order valence-electron chi connectivity index (χ3n) is 2.83. The zero-order valence-corrected chi connectivity index (χ0v) is 11.3. The Labute approximate surface area is 109 Å². The molecular weight excluding hydrogens is 248 g/mol. The van der Waals surface area contributed by atoms with Crippen LogP contribution in [0, 0.1) is 0 Å². The highest BCUT2D eigenvalue weighted by atomic mass is 32.2. The average Bonchev–Trinajstić information content (AvgIpc) is 2.33. The van der Waals surface area contributed by atoms with E-state index in [4.69, 9.17) is 4.55 Å². The summed E-state index contributed by atoms with van der Waals surface area (Å²) in [6.45, 7) is 3.71. The van der Waals surface area contributed by atoms with Crippen molar-refractivity contribution >= 4 is 16.2 Å². The van der Waals surface area contributed by atoms with Crippen molar-refractivity contribution in [3.63, 3.8) is 0 Å². The Morgan fingerprint density at radius 3 is 2.22 bits per heavy atom. The van der Waals surface area contributed by atoms with Crippen LogP contribution in [0.3, 0.4) is 0 Å². The molecule has 0 saturated carbocycles. The Balaban J connectivity index is 2.15. The second kappa shape index (κ2) is 7.34. The van der Waals surface area contributed by atoms with Crippen LogP contribution < -0.4 is 0 Å². The Hall–Kier alpha value is -1.13. The minimum Gasteiger partial charge on any atom is -0.286 e. The van der Waals surface area contributed by atoms with E-state index < -0.39 is 10.1 Å². The molecule has 0 fully saturated rings. The van der Waals surface area contributed by atoms with Gasteiger partial charge in [-0.25, -0.2) is 0 Å². The lowest BCUT2D eigenvalue weighted by Crippen LogP contribution is -2.03. The molecule has 0 amide bonds. The second-order valence-corrected chi connectivity index (χ2v) is 5.97. The molecule has 0 saturated heterocycles. The fraction of sp³-hybridized carbons (Fsp3) is 0.429. The normalized spacial score (nSPS) is 11.4. The highest BCUT2D eigenvalue weighted by molar-refractivity contribution is 7.85. The molecule has 0 atom stereocenters. The molecule has 0 bridgehead atoms.